The maximum atomic E-state index is 5.36. The Labute approximate surface area is 410 Å². The van der Waals surface area contributed by atoms with Crippen molar-refractivity contribution in [1.82, 2.24) is 14.5 Å². The van der Waals surface area contributed by atoms with E-state index in [9.17, 15) is 0 Å². The number of benzene rings is 7. The second-order valence-electron chi connectivity index (χ2n) is 19.8. The second-order valence-corrected chi connectivity index (χ2v) is 25.7. The molecular weight excluding hydrogens is 1020 g/mol. The smallest absolute Gasteiger partial charge is 0.0798 e. The van der Waals surface area contributed by atoms with Crippen molar-refractivity contribution in [2.24, 2.45) is 5.92 Å². The van der Waals surface area contributed by atoms with Crippen molar-refractivity contribution in [3.8, 4) is 50.6 Å². The zero-order valence-electron chi connectivity index (χ0n) is 39.5. The molecule has 10 aromatic rings. The van der Waals surface area contributed by atoms with E-state index in [0.717, 1.165) is 45.8 Å². The molecule has 0 bridgehead atoms. The van der Waals surface area contributed by atoms with Crippen molar-refractivity contribution in [3.05, 3.63) is 192 Å². The number of aryl methyl sites for hydroxylation is 1. The summed E-state index contributed by atoms with van der Waals surface area (Å²) in [5, 5.41) is 8.87. The van der Waals surface area contributed by atoms with Crippen LogP contribution in [-0.2, 0) is 31.9 Å². The summed E-state index contributed by atoms with van der Waals surface area (Å²) in [7, 11) is -1.34. The molecule has 3 heterocycles. The molecule has 0 aliphatic rings. The van der Waals surface area contributed by atoms with E-state index in [4.69, 9.17) is 4.98 Å². The van der Waals surface area contributed by atoms with Crippen molar-refractivity contribution in [2.75, 3.05) is 0 Å². The predicted octanol–water partition coefficient (Wildman–Crippen LogP) is 16.1. The molecule has 0 aliphatic carbocycles. The Morgan fingerprint density at radius 2 is 1.36 bits per heavy atom. The van der Waals surface area contributed by atoms with Gasteiger partial charge >= 0.3 is 0 Å². The molecule has 0 saturated heterocycles. The maximum Gasteiger partial charge on any atom is 0.0798 e. The zero-order valence-corrected chi connectivity index (χ0v) is 43.7. The van der Waals surface area contributed by atoms with Crippen LogP contribution in [0.3, 0.4) is 0 Å². The SMILES string of the molecule is CC(C)Cc1cc(-c2[c-]cccc2)ncc1[Si](C)(C)C.Cc1ccc2cc3s[c-]c(-c4nc5ccccc5n4-c4c(-c5ccccc5)cc(C(C)(C)C)cc4-c4ccccc4)c3cc2c1.[Ir]. The van der Waals surface area contributed by atoms with Crippen molar-refractivity contribution < 1.29 is 20.1 Å². The van der Waals surface area contributed by atoms with Gasteiger partial charge in [0.05, 0.1) is 30.6 Å². The number of hydrogen-bond acceptors (Lipinski definition) is 3. The Bertz CT molecular complexity index is 3220. The third-order valence-corrected chi connectivity index (χ3v) is 15.1. The first-order chi connectivity index (χ1) is 31.2. The Balaban J connectivity index is 0.000000238. The van der Waals surface area contributed by atoms with Crippen LogP contribution in [0.1, 0.15) is 51.3 Å². The van der Waals surface area contributed by atoms with Crippen LogP contribution in [0.2, 0.25) is 19.6 Å². The van der Waals surface area contributed by atoms with Crippen LogP contribution in [0, 0.1) is 24.3 Å². The molecule has 10 rings (SSSR count). The summed E-state index contributed by atoms with van der Waals surface area (Å²) in [6.45, 7) is 20.8. The fourth-order valence-corrected chi connectivity index (χ4v) is 11.3. The number of aromatic nitrogens is 3. The van der Waals surface area contributed by atoms with Crippen LogP contribution in [0.5, 0.6) is 0 Å². The first kappa shape index (κ1) is 46.8. The maximum absolute atomic E-state index is 5.36. The summed E-state index contributed by atoms with van der Waals surface area (Å²) in [6, 6.07) is 59.8. The van der Waals surface area contributed by atoms with Crippen LogP contribution in [0.4, 0.5) is 0 Å². The Morgan fingerprint density at radius 1 is 0.712 bits per heavy atom. The monoisotopic (exact) mass is 1070 g/mol. The van der Waals surface area contributed by atoms with Gasteiger partial charge in [0.25, 0.3) is 0 Å². The minimum absolute atomic E-state index is 0. The number of para-hydroxylation sites is 2. The number of rotatable bonds is 8. The minimum atomic E-state index is -1.34. The number of imidazole rings is 1. The predicted molar refractivity (Wildman–Crippen MR) is 283 cm³/mol. The van der Waals surface area contributed by atoms with E-state index in [1.54, 1.807) is 11.3 Å². The van der Waals surface area contributed by atoms with E-state index < -0.39 is 8.07 Å². The number of hydrogen-bond donors (Lipinski definition) is 0. The molecule has 0 fully saturated rings. The number of fused-ring (bicyclic) bond motifs is 3. The fraction of sp³-hybridized carbons (Fsp3) is 0.200. The van der Waals surface area contributed by atoms with Gasteiger partial charge in [0.1, 0.15) is 0 Å². The van der Waals surface area contributed by atoms with Crippen LogP contribution in [-0.4, -0.2) is 22.6 Å². The topological polar surface area (TPSA) is 30.7 Å². The standard InChI is InChI=1S/C42H33N2S.C18H24NSi.Ir/c1-27-19-20-30-23-39-35(22-31(30)21-27)36(26-45-39)41-43-37-17-11-12-18-38(37)44(41)40-33(28-13-7-5-8-14-28)24-32(42(2,3)4)25-34(40)29-15-9-6-10-16-29;1-14(2)11-16-12-17(15-9-7-6-8-10-15)19-13-18(16)20(3,4)5;/h5-25H,1-4H3;6-9,12-14H,11H2,1-5H3;/q2*-1;. The molecule has 3 aromatic heterocycles. The van der Waals surface area contributed by atoms with Gasteiger partial charge in [-0.3, -0.25) is 16.3 Å². The van der Waals surface area contributed by atoms with Gasteiger partial charge in [0.15, 0.2) is 0 Å². The third kappa shape index (κ3) is 9.70. The van der Waals surface area contributed by atoms with E-state index in [2.05, 4.69) is 228 Å². The van der Waals surface area contributed by atoms with Crippen LogP contribution >= 0.6 is 11.3 Å². The quantitative estimate of drug-likeness (QED) is 0.112. The molecule has 3 nitrogen and oxygen atoms in total. The summed E-state index contributed by atoms with van der Waals surface area (Å²) in [5.41, 5.74) is 15.1. The Morgan fingerprint density at radius 3 is 1.98 bits per heavy atom. The molecule has 0 spiro atoms. The van der Waals surface area contributed by atoms with E-state index in [0.29, 0.717) is 5.92 Å². The normalized spacial score (nSPS) is 11.8. The molecule has 7 aromatic carbocycles. The van der Waals surface area contributed by atoms with Gasteiger partial charge in [0, 0.05) is 37.4 Å². The van der Waals surface area contributed by atoms with Crippen LogP contribution in [0.25, 0.3) is 82.5 Å². The second kappa shape index (κ2) is 19.2. The van der Waals surface area contributed by atoms with E-state index in [1.165, 1.54) is 65.0 Å². The molecule has 0 aliphatic heterocycles. The van der Waals surface area contributed by atoms with Gasteiger partial charge in [-0.25, -0.2) is 0 Å². The minimum Gasteiger partial charge on any atom is -0.332 e. The van der Waals surface area contributed by atoms with E-state index in [-0.39, 0.29) is 25.5 Å². The summed E-state index contributed by atoms with van der Waals surface area (Å²) in [5.74, 6) is 1.58. The van der Waals surface area contributed by atoms with Crippen LogP contribution < -0.4 is 5.19 Å². The van der Waals surface area contributed by atoms with Gasteiger partial charge in [-0.1, -0.05) is 190 Å². The number of nitrogens with zero attached hydrogens (tertiary/aromatic N) is 3. The average Bonchev–Trinajstić information content (AvgIpc) is 3.89. The molecule has 0 unspecified atom stereocenters. The Hall–Kier alpha value is -5.75. The van der Waals surface area contributed by atoms with Gasteiger partial charge in [0.2, 0.25) is 0 Å². The molecule has 66 heavy (non-hydrogen) atoms. The first-order valence-corrected chi connectivity index (χ1v) is 27.1. The first-order valence-electron chi connectivity index (χ1n) is 22.8. The van der Waals surface area contributed by atoms with Gasteiger partial charge in [-0.15, -0.1) is 41.3 Å². The fourth-order valence-electron chi connectivity index (χ4n) is 8.89. The molecule has 0 N–H and O–H groups in total. The molecule has 0 amide bonds. The van der Waals surface area contributed by atoms with E-state index >= 15 is 0 Å². The van der Waals surface area contributed by atoms with Gasteiger partial charge in [-0.2, -0.15) is 0 Å². The average molecular weight is 1070 g/mol. The van der Waals surface area contributed by atoms with E-state index in [1.807, 2.05) is 18.2 Å². The third-order valence-electron chi connectivity index (χ3n) is 12.2. The summed E-state index contributed by atoms with van der Waals surface area (Å²) < 4.78 is 3.61. The van der Waals surface area contributed by atoms with Crippen molar-refractivity contribution >= 4 is 56.5 Å². The summed E-state index contributed by atoms with van der Waals surface area (Å²) >= 11 is 1.67. The molecule has 6 heteroatoms. The summed E-state index contributed by atoms with van der Waals surface area (Å²) in [6.07, 6.45) is 3.24. The number of pyridine rings is 1. The number of thiophene rings is 1. The Kier molecular flexibility index (Phi) is 13.6. The van der Waals surface area contributed by atoms with Gasteiger partial charge < -0.3 is 9.55 Å². The molecular formula is C60H57IrN3SSi-2. The van der Waals surface area contributed by atoms with Crippen molar-refractivity contribution in [3.63, 3.8) is 0 Å². The zero-order chi connectivity index (χ0) is 45.5. The molecule has 0 atom stereocenters. The van der Waals surface area contributed by atoms with Gasteiger partial charge in [-0.05, 0) is 87.3 Å². The van der Waals surface area contributed by atoms with Crippen LogP contribution in [0.15, 0.2) is 164 Å². The summed E-state index contributed by atoms with van der Waals surface area (Å²) in [4.78, 5) is 10.0. The van der Waals surface area contributed by atoms with Crippen molar-refractivity contribution in [2.45, 2.75) is 73.0 Å². The molecule has 333 valence electrons. The largest absolute Gasteiger partial charge is 0.332 e. The molecule has 1 radical (unpaired) electrons. The molecule has 0 saturated carbocycles. The van der Waals surface area contributed by atoms with Crippen molar-refractivity contribution in [1.29, 1.82) is 0 Å².